The molecule has 1 aromatic heterocycles. The molecule has 0 saturated carbocycles. The van der Waals surface area contributed by atoms with Gasteiger partial charge in [0, 0.05) is 10.9 Å². The SMILES string of the molecule is CCc1ccsc1C(=O)NC(C)(C)CCBr. The van der Waals surface area contributed by atoms with Crippen LogP contribution in [0.3, 0.4) is 0 Å². The molecule has 90 valence electrons. The Balaban J connectivity index is 2.72. The van der Waals surface area contributed by atoms with Gasteiger partial charge in [-0.25, -0.2) is 0 Å². The van der Waals surface area contributed by atoms with Gasteiger partial charge < -0.3 is 5.32 Å². The molecular formula is C12H18BrNOS. The third-order valence-corrected chi connectivity index (χ3v) is 3.86. The Hall–Kier alpha value is -0.350. The van der Waals surface area contributed by atoms with Gasteiger partial charge in [-0.05, 0) is 43.7 Å². The van der Waals surface area contributed by atoms with Gasteiger partial charge in [0.2, 0.25) is 0 Å². The minimum atomic E-state index is -0.157. The Morgan fingerprint density at radius 1 is 1.56 bits per heavy atom. The van der Waals surface area contributed by atoms with Crippen LogP contribution in [0, 0.1) is 0 Å². The zero-order valence-electron chi connectivity index (χ0n) is 9.97. The van der Waals surface area contributed by atoms with Gasteiger partial charge in [-0.3, -0.25) is 4.79 Å². The van der Waals surface area contributed by atoms with Gasteiger partial charge >= 0.3 is 0 Å². The van der Waals surface area contributed by atoms with E-state index in [0.29, 0.717) is 0 Å². The number of amides is 1. The van der Waals surface area contributed by atoms with Crippen LogP contribution in [0.4, 0.5) is 0 Å². The van der Waals surface area contributed by atoms with Gasteiger partial charge in [0.15, 0.2) is 0 Å². The van der Waals surface area contributed by atoms with E-state index in [1.54, 1.807) is 0 Å². The molecule has 2 nitrogen and oxygen atoms in total. The maximum Gasteiger partial charge on any atom is 0.262 e. The lowest BCUT2D eigenvalue weighted by Crippen LogP contribution is -2.43. The molecule has 0 aromatic carbocycles. The summed E-state index contributed by atoms with van der Waals surface area (Å²) in [5.41, 5.74) is 0.979. The highest BCUT2D eigenvalue weighted by atomic mass is 79.9. The molecule has 0 spiro atoms. The molecule has 0 radical (unpaired) electrons. The number of hydrogen-bond donors (Lipinski definition) is 1. The number of nitrogens with one attached hydrogen (secondary N) is 1. The third kappa shape index (κ3) is 3.59. The predicted octanol–water partition coefficient (Wildman–Crippen LogP) is 3.60. The number of aryl methyl sites for hydroxylation is 1. The lowest BCUT2D eigenvalue weighted by molar-refractivity contribution is 0.0915. The van der Waals surface area contributed by atoms with E-state index < -0.39 is 0 Å². The number of carbonyl (C=O) groups is 1. The molecule has 0 aliphatic rings. The minimum Gasteiger partial charge on any atom is -0.346 e. The molecule has 0 aliphatic heterocycles. The highest BCUT2D eigenvalue weighted by Gasteiger charge is 2.22. The summed E-state index contributed by atoms with van der Waals surface area (Å²) in [6.45, 7) is 6.17. The molecular weight excluding hydrogens is 286 g/mol. The fraction of sp³-hybridized carbons (Fsp3) is 0.583. The zero-order chi connectivity index (χ0) is 12.2. The molecule has 1 aromatic rings. The average molecular weight is 304 g/mol. The van der Waals surface area contributed by atoms with E-state index in [1.165, 1.54) is 11.3 Å². The van der Waals surface area contributed by atoms with Gasteiger partial charge in [0.1, 0.15) is 0 Å². The second-order valence-corrected chi connectivity index (χ2v) is 6.11. The van der Waals surface area contributed by atoms with Crippen LogP contribution in [0.15, 0.2) is 11.4 Å². The summed E-state index contributed by atoms with van der Waals surface area (Å²) in [5.74, 6) is 0.0535. The zero-order valence-corrected chi connectivity index (χ0v) is 12.4. The van der Waals surface area contributed by atoms with E-state index in [-0.39, 0.29) is 11.4 Å². The van der Waals surface area contributed by atoms with Crippen molar-refractivity contribution in [2.75, 3.05) is 5.33 Å². The van der Waals surface area contributed by atoms with Crippen molar-refractivity contribution in [3.63, 3.8) is 0 Å². The second kappa shape index (κ2) is 5.82. The fourth-order valence-corrected chi connectivity index (χ4v) is 3.36. The largest absolute Gasteiger partial charge is 0.346 e. The Bertz CT molecular complexity index is 360. The van der Waals surface area contributed by atoms with E-state index in [1.807, 2.05) is 25.3 Å². The fourth-order valence-electron chi connectivity index (χ4n) is 1.48. The first-order valence-electron chi connectivity index (χ1n) is 5.45. The molecule has 1 rings (SSSR count). The Morgan fingerprint density at radius 2 is 2.25 bits per heavy atom. The van der Waals surface area contributed by atoms with Gasteiger partial charge in [0.25, 0.3) is 5.91 Å². The van der Waals surface area contributed by atoms with Crippen molar-refractivity contribution in [3.05, 3.63) is 21.9 Å². The van der Waals surface area contributed by atoms with Crippen LogP contribution in [0.1, 0.15) is 42.4 Å². The molecule has 1 N–H and O–H groups in total. The summed E-state index contributed by atoms with van der Waals surface area (Å²) in [6, 6.07) is 2.02. The van der Waals surface area contributed by atoms with Crippen LogP contribution < -0.4 is 5.32 Å². The van der Waals surface area contributed by atoms with Crippen molar-refractivity contribution < 1.29 is 4.79 Å². The molecule has 0 bridgehead atoms. The second-order valence-electron chi connectivity index (χ2n) is 4.41. The number of alkyl halides is 1. The summed E-state index contributed by atoms with van der Waals surface area (Å²) >= 11 is 4.92. The summed E-state index contributed by atoms with van der Waals surface area (Å²) in [7, 11) is 0. The summed E-state index contributed by atoms with van der Waals surface area (Å²) in [4.78, 5) is 12.9. The van der Waals surface area contributed by atoms with Gasteiger partial charge in [-0.2, -0.15) is 0 Å². The van der Waals surface area contributed by atoms with Crippen LogP contribution in [0.2, 0.25) is 0 Å². The summed E-state index contributed by atoms with van der Waals surface area (Å²) in [6.07, 6.45) is 1.83. The van der Waals surface area contributed by atoms with Crippen LogP contribution in [-0.4, -0.2) is 16.8 Å². The normalized spacial score (nSPS) is 11.5. The predicted molar refractivity (Wildman–Crippen MR) is 73.7 cm³/mol. The molecule has 1 heterocycles. The van der Waals surface area contributed by atoms with Crippen LogP contribution in [0.25, 0.3) is 0 Å². The number of rotatable bonds is 5. The quantitative estimate of drug-likeness (QED) is 0.827. The molecule has 0 saturated heterocycles. The van der Waals surface area contributed by atoms with E-state index in [4.69, 9.17) is 0 Å². The molecule has 4 heteroatoms. The summed E-state index contributed by atoms with van der Waals surface area (Å²) in [5, 5.41) is 5.95. The molecule has 1 amide bonds. The van der Waals surface area contributed by atoms with Crippen LogP contribution >= 0.6 is 27.3 Å². The van der Waals surface area contributed by atoms with Gasteiger partial charge in [0.05, 0.1) is 4.88 Å². The first kappa shape index (κ1) is 13.7. The van der Waals surface area contributed by atoms with E-state index in [9.17, 15) is 4.79 Å². The van der Waals surface area contributed by atoms with E-state index in [2.05, 4.69) is 28.2 Å². The smallest absolute Gasteiger partial charge is 0.262 e. The van der Waals surface area contributed by atoms with Crippen molar-refractivity contribution in [3.8, 4) is 0 Å². The van der Waals surface area contributed by atoms with Crippen molar-refractivity contribution in [2.24, 2.45) is 0 Å². The number of hydrogen-bond acceptors (Lipinski definition) is 2. The van der Waals surface area contributed by atoms with E-state index in [0.717, 1.165) is 28.6 Å². The monoisotopic (exact) mass is 303 g/mol. The van der Waals surface area contributed by atoms with Gasteiger partial charge in [-0.15, -0.1) is 11.3 Å². The lowest BCUT2D eigenvalue weighted by atomic mass is 10.0. The maximum absolute atomic E-state index is 12.1. The Kier molecular flexibility index (Phi) is 4.99. The topological polar surface area (TPSA) is 29.1 Å². The molecule has 0 aliphatic carbocycles. The maximum atomic E-state index is 12.1. The molecule has 16 heavy (non-hydrogen) atoms. The minimum absolute atomic E-state index is 0.0535. The highest BCUT2D eigenvalue weighted by Crippen LogP contribution is 2.19. The lowest BCUT2D eigenvalue weighted by Gasteiger charge is -2.25. The Labute approximate surface area is 110 Å². The molecule has 0 unspecified atom stereocenters. The van der Waals surface area contributed by atoms with E-state index >= 15 is 0 Å². The number of thiophene rings is 1. The molecule has 0 fully saturated rings. The first-order valence-corrected chi connectivity index (χ1v) is 7.45. The highest BCUT2D eigenvalue weighted by molar-refractivity contribution is 9.09. The van der Waals surface area contributed by atoms with Crippen LogP contribution in [-0.2, 0) is 6.42 Å². The van der Waals surface area contributed by atoms with Crippen LogP contribution in [0.5, 0.6) is 0 Å². The van der Waals surface area contributed by atoms with Crippen molar-refractivity contribution in [1.29, 1.82) is 0 Å². The number of carbonyl (C=O) groups excluding carboxylic acids is 1. The van der Waals surface area contributed by atoms with Crippen molar-refractivity contribution in [2.45, 2.75) is 39.2 Å². The summed E-state index contributed by atoms with van der Waals surface area (Å²) < 4.78 is 0. The standard InChI is InChI=1S/C12H18BrNOS/c1-4-9-5-8-16-10(9)11(15)14-12(2,3)6-7-13/h5,8H,4,6-7H2,1-3H3,(H,14,15). The van der Waals surface area contributed by atoms with Gasteiger partial charge in [-0.1, -0.05) is 22.9 Å². The van der Waals surface area contributed by atoms with Crippen molar-refractivity contribution in [1.82, 2.24) is 5.32 Å². The molecule has 0 atom stereocenters. The first-order chi connectivity index (χ1) is 7.50. The Morgan fingerprint density at radius 3 is 2.81 bits per heavy atom. The number of halogens is 1. The van der Waals surface area contributed by atoms with Crippen molar-refractivity contribution >= 4 is 33.2 Å². The third-order valence-electron chi connectivity index (χ3n) is 2.51. The average Bonchev–Trinajstić information content (AvgIpc) is 2.64.